The van der Waals surface area contributed by atoms with Crippen LogP contribution in [0.4, 0.5) is 5.82 Å². The molecule has 0 radical (unpaired) electrons. The van der Waals surface area contributed by atoms with Gasteiger partial charge < -0.3 is 5.73 Å². The molecule has 3 heterocycles. The van der Waals surface area contributed by atoms with Gasteiger partial charge in [0.15, 0.2) is 5.65 Å². The van der Waals surface area contributed by atoms with Crippen molar-refractivity contribution in [1.82, 2.24) is 24.7 Å². The number of halogens is 1. The summed E-state index contributed by atoms with van der Waals surface area (Å²) in [4.78, 5) is 13.1. The molecule has 4 rings (SSSR count). The molecule has 0 saturated carbocycles. The van der Waals surface area contributed by atoms with Crippen molar-refractivity contribution in [1.29, 1.82) is 0 Å². The fourth-order valence-corrected chi connectivity index (χ4v) is 3.85. The minimum absolute atomic E-state index is 0.446. The van der Waals surface area contributed by atoms with Gasteiger partial charge in [0.25, 0.3) is 0 Å². The summed E-state index contributed by atoms with van der Waals surface area (Å²) in [5.41, 5.74) is 12.3. The van der Waals surface area contributed by atoms with Crippen molar-refractivity contribution in [2.45, 2.75) is 20.4 Å². The zero-order valence-corrected chi connectivity index (χ0v) is 16.6. The first-order valence-corrected chi connectivity index (χ1v) is 9.26. The minimum Gasteiger partial charge on any atom is -0.383 e. The standard InChI is InChI=1S/C19H17IN6/c1-11-7-14(13-6-4-3-5-12(13)2)15(22-8-11)9-26-19-16(17(20)25-26)18(21)23-10-24-19/h3-8,10H,9H2,1-2H3,(H2,21,23,24). The number of benzene rings is 1. The molecule has 4 aromatic rings. The molecule has 7 heteroatoms. The molecule has 0 unspecified atom stereocenters. The summed E-state index contributed by atoms with van der Waals surface area (Å²) in [7, 11) is 0. The molecule has 0 fully saturated rings. The third-order valence-corrected chi connectivity index (χ3v) is 5.11. The lowest BCUT2D eigenvalue weighted by Crippen LogP contribution is -2.07. The first kappa shape index (κ1) is 16.9. The number of nitrogens with zero attached hydrogens (tertiary/aromatic N) is 5. The van der Waals surface area contributed by atoms with E-state index in [0.717, 1.165) is 31.6 Å². The SMILES string of the molecule is Cc1cnc(Cn2nc(I)c3c(N)ncnc32)c(-c2ccccc2C)c1. The molecular formula is C19H17IN6. The molecule has 26 heavy (non-hydrogen) atoms. The molecule has 0 atom stereocenters. The smallest absolute Gasteiger partial charge is 0.164 e. The zero-order valence-electron chi connectivity index (χ0n) is 14.4. The maximum Gasteiger partial charge on any atom is 0.164 e. The van der Waals surface area contributed by atoms with E-state index >= 15 is 0 Å². The third kappa shape index (κ3) is 2.92. The molecule has 0 bridgehead atoms. The van der Waals surface area contributed by atoms with Crippen molar-refractivity contribution in [2.75, 3.05) is 5.73 Å². The number of hydrogen-bond acceptors (Lipinski definition) is 5. The van der Waals surface area contributed by atoms with Gasteiger partial charge in [-0.3, -0.25) is 4.98 Å². The molecule has 0 amide bonds. The van der Waals surface area contributed by atoms with Crippen LogP contribution in [0.5, 0.6) is 0 Å². The summed E-state index contributed by atoms with van der Waals surface area (Å²) in [6.07, 6.45) is 3.36. The van der Waals surface area contributed by atoms with E-state index in [9.17, 15) is 0 Å². The number of fused-ring (bicyclic) bond motifs is 1. The number of rotatable bonds is 3. The van der Waals surface area contributed by atoms with E-state index < -0.39 is 0 Å². The minimum atomic E-state index is 0.446. The number of nitrogens with two attached hydrogens (primary N) is 1. The highest BCUT2D eigenvalue weighted by molar-refractivity contribution is 14.1. The van der Waals surface area contributed by atoms with Gasteiger partial charge in [0, 0.05) is 11.8 Å². The average molecular weight is 456 g/mol. The lowest BCUT2D eigenvalue weighted by Gasteiger charge is -2.12. The first-order chi connectivity index (χ1) is 12.5. The van der Waals surface area contributed by atoms with Gasteiger partial charge in [-0.1, -0.05) is 24.3 Å². The molecule has 0 spiro atoms. The summed E-state index contributed by atoms with van der Waals surface area (Å²) in [6.45, 7) is 4.68. The maximum atomic E-state index is 6.00. The van der Waals surface area contributed by atoms with Crippen molar-refractivity contribution < 1.29 is 0 Å². The van der Waals surface area contributed by atoms with Crippen LogP contribution in [0.1, 0.15) is 16.8 Å². The highest BCUT2D eigenvalue weighted by Crippen LogP contribution is 2.29. The third-order valence-electron chi connectivity index (χ3n) is 4.36. The Balaban J connectivity index is 1.86. The van der Waals surface area contributed by atoms with Crippen molar-refractivity contribution in [3.05, 3.63) is 63.4 Å². The van der Waals surface area contributed by atoms with Gasteiger partial charge in [-0.2, -0.15) is 5.10 Å². The summed E-state index contributed by atoms with van der Waals surface area (Å²) >= 11 is 2.17. The fourth-order valence-electron chi connectivity index (χ4n) is 3.07. The van der Waals surface area contributed by atoms with Crippen LogP contribution in [-0.4, -0.2) is 24.7 Å². The van der Waals surface area contributed by atoms with E-state index in [2.05, 4.69) is 75.8 Å². The van der Waals surface area contributed by atoms with Crippen LogP contribution in [0, 0.1) is 17.5 Å². The second-order valence-electron chi connectivity index (χ2n) is 6.23. The first-order valence-electron chi connectivity index (χ1n) is 8.18. The largest absolute Gasteiger partial charge is 0.383 e. The van der Waals surface area contributed by atoms with Gasteiger partial charge in [-0.25, -0.2) is 14.6 Å². The second-order valence-corrected chi connectivity index (χ2v) is 7.25. The average Bonchev–Trinajstić information content (AvgIpc) is 2.94. The zero-order chi connectivity index (χ0) is 18.3. The topological polar surface area (TPSA) is 82.5 Å². The van der Waals surface area contributed by atoms with Gasteiger partial charge in [0.2, 0.25) is 0 Å². The van der Waals surface area contributed by atoms with Crippen molar-refractivity contribution in [2.24, 2.45) is 0 Å². The summed E-state index contributed by atoms with van der Waals surface area (Å²) in [6, 6.07) is 10.5. The van der Waals surface area contributed by atoms with Gasteiger partial charge in [0.1, 0.15) is 15.8 Å². The fraction of sp³-hybridized carbons (Fsp3) is 0.158. The van der Waals surface area contributed by atoms with E-state index in [1.165, 1.54) is 17.5 Å². The van der Waals surface area contributed by atoms with Crippen LogP contribution in [0.25, 0.3) is 22.2 Å². The lowest BCUT2D eigenvalue weighted by atomic mass is 9.98. The highest BCUT2D eigenvalue weighted by atomic mass is 127. The predicted molar refractivity (Wildman–Crippen MR) is 111 cm³/mol. The predicted octanol–water partition coefficient (Wildman–Crippen LogP) is 3.74. The van der Waals surface area contributed by atoms with Crippen LogP contribution in [-0.2, 0) is 6.54 Å². The molecule has 6 nitrogen and oxygen atoms in total. The van der Waals surface area contributed by atoms with Gasteiger partial charge in [-0.15, -0.1) is 0 Å². The Hall–Kier alpha value is -2.55. The number of pyridine rings is 1. The van der Waals surface area contributed by atoms with Crippen LogP contribution in [0.15, 0.2) is 42.9 Å². The van der Waals surface area contributed by atoms with E-state index in [1.54, 1.807) is 0 Å². The van der Waals surface area contributed by atoms with E-state index in [-0.39, 0.29) is 0 Å². The normalized spacial score (nSPS) is 11.2. The summed E-state index contributed by atoms with van der Waals surface area (Å²) in [5.74, 6) is 0.446. The maximum absolute atomic E-state index is 6.00. The Labute approximate surface area is 164 Å². The molecule has 0 aliphatic rings. The second kappa shape index (κ2) is 6.64. The molecule has 0 aliphatic carbocycles. The lowest BCUT2D eigenvalue weighted by molar-refractivity contribution is 0.684. The Kier molecular flexibility index (Phi) is 4.31. The quantitative estimate of drug-likeness (QED) is 0.475. The Bertz CT molecular complexity index is 1120. The van der Waals surface area contributed by atoms with Crippen LogP contribution in [0.2, 0.25) is 0 Å². The molecular weight excluding hydrogens is 439 g/mol. The van der Waals surface area contributed by atoms with Crippen LogP contribution >= 0.6 is 22.6 Å². The number of anilines is 1. The van der Waals surface area contributed by atoms with Crippen molar-refractivity contribution >= 4 is 39.4 Å². The number of aryl methyl sites for hydroxylation is 2. The monoisotopic (exact) mass is 456 g/mol. The van der Waals surface area contributed by atoms with Crippen LogP contribution < -0.4 is 5.73 Å². The van der Waals surface area contributed by atoms with E-state index in [1.807, 2.05) is 16.9 Å². The molecule has 2 N–H and O–H groups in total. The molecule has 1 aromatic carbocycles. The van der Waals surface area contributed by atoms with Crippen LogP contribution in [0.3, 0.4) is 0 Å². The van der Waals surface area contributed by atoms with Gasteiger partial charge in [0.05, 0.1) is 17.6 Å². The Morgan fingerprint density at radius 1 is 1.08 bits per heavy atom. The number of aromatic nitrogens is 5. The molecule has 0 aliphatic heterocycles. The van der Waals surface area contributed by atoms with Gasteiger partial charge in [-0.05, 0) is 59.2 Å². The molecule has 3 aromatic heterocycles. The van der Waals surface area contributed by atoms with Crippen molar-refractivity contribution in [3.8, 4) is 11.1 Å². The number of nitrogen functional groups attached to an aromatic ring is 1. The highest BCUT2D eigenvalue weighted by Gasteiger charge is 2.16. The van der Waals surface area contributed by atoms with Crippen molar-refractivity contribution in [3.63, 3.8) is 0 Å². The van der Waals surface area contributed by atoms with E-state index in [4.69, 9.17) is 10.7 Å². The van der Waals surface area contributed by atoms with E-state index in [0.29, 0.717) is 12.4 Å². The molecule has 0 saturated heterocycles. The Morgan fingerprint density at radius 3 is 2.69 bits per heavy atom. The number of hydrogen-bond donors (Lipinski definition) is 1. The molecule has 130 valence electrons. The Morgan fingerprint density at radius 2 is 1.88 bits per heavy atom. The summed E-state index contributed by atoms with van der Waals surface area (Å²) < 4.78 is 2.63. The summed E-state index contributed by atoms with van der Waals surface area (Å²) in [5, 5.41) is 5.40. The van der Waals surface area contributed by atoms with Gasteiger partial charge >= 0.3 is 0 Å².